The Morgan fingerprint density at radius 3 is 3.06 bits per heavy atom. The Balaban J connectivity index is 2.01. The first-order chi connectivity index (χ1) is 8.75. The van der Waals surface area contributed by atoms with Crippen LogP contribution in [0.25, 0.3) is 0 Å². The zero-order valence-electron chi connectivity index (χ0n) is 11.4. The molecule has 0 radical (unpaired) electrons. The molecular formula is C14H23N3S. The van der Waals surface area contributed by atoms with Gasteiger partial charge in [0.15, 0.2) is 0 Å². The molecule has 0 aromatic carbocycles. The second-order valence-electron chi connectivity index (χ2n) is 4.98. The Hall–Kier alpha value is -0.740. The first-order valence-electron chi connectivity index (χ1n) is 6.78. The highest BCUT2D eigenvalue weighted by atomic mass is 32.2. The van der Waals surface area contributed by atoms with Gasteiger partial charge in [0.2, 0.25) is 0 Å². The molecule has 100 valence electrons. The lowest BCUT2D eigenvalue weighted by Crippen LogP contribution is -2.27. The Morgan fingerprint density at radius 2 is 2.22 bits per heavy atom. The lowest BCUT2D eigenvalue weighted by molar-refractivity contribution is 0.581. The minimum atomic E-state index is 0.505. The molecule has 0 saturated carbocycles. The van der Waals surface area contributed by atoms with Gasteiger partial charge < -0.3 is 10.2 Å². The molecule has 4 heteroatoms. The monoisotopic (exact) mass is 265 g/mol. The smallest absolute Gasteiger partial charge is 0.128 e. The lowest BCUT2D eigenvalue weighted by atomic mass is 10.3. The predicted molar refractivity (Wildman–Crippen MR) is 80.4 cm³/mol. The summed E-state index contributed by atoms with van der Waals surface area (Å²) in [7, 11) is 0. The summed E-state index contributed by atoms with van der Waals surface area (Å²) < 4.78 is 0. The first-order valence-corrected chi connectivity index (χ1v) is 7.93. The lowest BCUT2D eigenvalue weighted by Gasteiger charge is -2.21. The summed E-state index contributed by atoms with van der Waals surface area (Å²) >= 11 is 2.05. The SMILES string of the molecule is CC(C)NCc1cccc(N2CCCSCC2)n1. The highest BCUT2D eigenvalue weighted by molar-refractivity contribution is 7.99. The van der Waals surface area contributed by atoms with Crippen molar-refractivity contribution in [3.05, 3.63) is 23.9 Å². The molecule has 2 heterocycles. The number of nitrogens with one attached hydrogen (secondary N) is 1. The molecule has 0 bridgehead atoms. The molecule has 0 amide bonds. The summed E-state index contributed by atoms with van der Waals surface area (Å²) in [6.45, 7) is 7.44. The van der Waals surface area contributed by atoms with Gasteiger partial charge in [0.05, 0.1) is 5.69 Å². The normalized spacial score (nSPS) is 16.9. The molecule has 1 aromatic rings. The van der Waals surface area contributed by atoms with Gasteiger partial charge in [-0.25, -0.2) is 4.98 Å². The number of aromatic nitrogens is 1. The van der Waals surface area contributed by atoms with Crippen LogP contribution in [0, 0.1) is 0 Å². The molecule has 0 spiro atoms. The van der Waals surface area contributed by atoms with Crippen LogP contribution in [-0.4, -0.2) is 35.6 Å². The molecule has 1 aliphatic rings. The van der Waals surface area contributed by atoms with Crippen LogP contribution < -0.4 is 10.2 Å². The largest absolute Gasteiger partial charge is 0.356 e. The molecule has 1 aromatic heterocycles. The maximum Gasteiger partial charge on any atom is 0.128 e. The highest BCUT2D eigenvalue weighted by Crippen LogP contribution is 2.17. The number of thioether (sulfide) groups is 1. The zero-order chi connectivity index (χ0) is 12.8. The van der Waals surface area contributed by atoms with Gasteiger partial charge in [0.1, 0.15) is 5.82 Å². The molecule has 1 aliphatic heterocycles. The van der Waals surface area contributed by atoms with Gasteiger partial charge in [-0.3, -0.25) is 0 Å². The standard InChI is InChI=1S/C14H23N3S/c1-12(2)15-11-13-5-3-6-14(16-13)17-7-4-9-18-10-8-17/h3,5-6,12,15H,4,7-11H2,1-2H3. The van der Waals surface area contributed by atoms with Crippen LogP contribution in [0.2, 0.25) is 0 Å². The minimum absolute atomic E-state index is 0.505. The molecule has 2 rings (SSSR count). The second kappa shape index (κ2) is 7.00. The van der Waals surface area contributed by atoms with Crippen molar-refractivity contribution < 1.29 is 0 Å². The van der Waals surface area contributed by atoms with Gasteiger partial charge in [0, 0.05) is 31.4 Å². The van der Waals surface area contributed by atoms with Crippen molar-refractivity contribution >= 4 is 17.6 Å². The second-order valence-corrected chi connectivity index (χ2v) is 6.20. The van der Waals surface area contributed by atoms with E-state index in [-0.39, 0.29) is 0 Å². The van der Waals surface area contributed by atoms with Crippen molar-refractivity contribution in [2.45, 2.75) is 32.9 Å². The van der Waals surface area contributed by atoms with Gasteiger partial charge in [-0.15, -0.1) is 0 Å². The third-order valence-electron chi connectivity index (χ3n) is 3.03. The van der Waals surface area contributed by atoms with Crippen LogP contribution >= 0.6 is 11.8 Å². The van der Waals surface area contributed by atoms with E-state index in [9.17, 15) is 0 Å². The molecule has 1 saturated heterocycles. The fourth-order valence-corrected chi connectivity index (χ4v) is 2.91. The van der Waals surface area contributed by atoms with Crippen LogP contribution in [0.3, 0.4) is 0 Å². The summed E-state index contributed by atoms with van der Waals surface area (Å²) in [5, 5.41) is 3.42. The quantitative estimate of drug-likeness (QED) is 0.905. The van der Waals surface area contributed by atoms with E-state index in [1.54, 1.807) is 0 Å². The Kier molecular flexibility index (Phi) is 5.32. The third-order valence-corrected chi connectivity index (χ3v) is 4.08. The van der Waals surface area contributed by atoms with Crippen LogP contribution in [-0.2, 0) is 6.54 Å². The Bertz CT molecular complexity index is 360. The summed E-state index contributed by atoms with van der Waals surface area (Å²) in [5.74, 6) is 3.64. The predicted octanol–water partition coefficient (Wildman–Crippen LogP) is 2.52. The molecule has 0 atom stereocenters. The average Bonchev–Trinajstić information content (AvgIpc) is 2.65. The van der Waals surface area contributed by atoms with Crippen molar-refractivity contribution in [2.75, 3.05) is 29.5 Å². The van der Waals surface area contributed by atoms with E-state index in [0.717, 1.165) is 31.1 Å². The van der Waals surface area contributed by atoms with Crippen LogP contribution in [0.4, 0.5) is 5.82 Å². The van der Waals surface area contributed by atoms with E-state index in [0.29, 0.717) is 6.04 Å². The highest BCUT2D eigenvalue weighted by Gasteiger charge is 2.11. The number of hydrogen-bond acceptors (Lipinski definition) is 4. The van der Waals surface area contributed by atoms with E-state index in [1.165, 1.54) is 17.9 Å². The van der Waals surface area contributed by atoms with Gasteiger partial charge in [0.25, 0.3) is 0 Å². The molecule has 3 nitrogen and oxygen atoms in total. The molecular weight excluding hydrogens is 242 g/mol. The fourth-order valence-electron chi connectivity index (χ4n) is 2.03. The van der Waals surface area contributed by atoms with Crippen molar-refractivity contribution in [3.8, 4) is 0 Å². The van der Waals surface area contributed by atoms with Crippen molar-refractivity contribution in [2.24, 2.45) is 0 Å². The first kappa shape index (κ1) is 13.7. The molecule has 18 heavy (non-hydrogen) atoms. The zero-order valence-corrected chi connectivity index (χ0v) is 12.2. The average molecular weight is 265 g/mol. The van der Waals surface area contributed by atoms with Gasteiger partial charge >= 0.3 is 0 Å². The van der Waals surface area contributed by atoms with Gasteiger partial charge in [-0.2, -0.15) is 11.8 Å². The van der Waals surface area contributed by atoms with E-state index in [2.05, 4.69) is 54.0 Å². The Morgan fingerprint density at radius 1 is 1.33 bits per heavy atom. The summed E-state index contributed by atoms with van der Waals surface area (Å²) in [6.07, 6.45) is 1.26. The topological polar surface area (TPSA) is 28.2 Å². The fraction of sp³-hybridized carbons (Fsp3) is 0.643. The Labute approximate surface area is 114 Å². The maximum atomic E-state index is 4.76. The van der Waals surface area contributed by atoms with E-state index < -0.39 is 0 Å². The van der Waals surface area contributed by atoms with Crippen molar-refractivity contribution in [1.29, 1.82) is 0 Å². The summed E-state index contributed by atoms with van der Waals surface area (Å²) in [6, 6.07) is 6.86. The van der Waals surface area contributed by atoms with Crippen molar-refractivity contribution in [1.82, 2.24) is 10.3 Å². The van der Waals surface area contributed by atoms with Crippen molar-refractivity contribution in [3.63, 3.8) is 0 Å². The minimum Gasteiger partial charge on any atom is -0.356 e. The van der Waals surface area contributed by atoms with E-state index in [4.69, 9.17) is 4.98 Å². The van der Waals surface area contributed by atoms with Gasteiger partial charge in [-0.05, 0) is 24.3 Å². The van der Waals surface area contributed by atoms with E-state index in [1.807, 2.05) is 0 Å². The number of nitrogens with zero attached hydrogens (tertiary/aromatic N) is 2. The molecule has 0 aliphatic carbocycles. The van der Waals surface area contributed by atoms with E-state index >= 15 is 0 Å². The van der Waals surface area contributed by atoms with Crippen LogP contribution in [0.5, 0.6) is 0 Å². The summed E-state index contributed by atoms with van der Waals surface area (Å²) in [5.41, 5.74) is 1.14. The summed E-state index contributed by atoms with van der Waals surface area (Å²) in [4.78, 5) is 7.18. The van der Waals surface area contributed by atoms with Crippen LogP contribution in [0.15, 0.2) is 18.2 Å². The third kappa shape index (κ3) is 4.18. The number of pyridine rings is 1. The molecule has 1 fully saturated rings. The number of rotatable bonds is 4. The number of hydrogen-bond donors (Lipinski definition) is 1. The molecule has 0 unspecified atom stereocenters. The maximum absolute atomic E-state index is 4.76. The van der Waals surface area contributed by atoms with Crippen LogP contribution in [0.1, 0.15) is 26.0 Å². The number of anilines is 1. The van der Waals surface area contributed by atoms with Gasteiger partial charge in [-0.1, -0.05) is 19.9 Å². The molecule has 1 N–H and O–H groups in total.